The molecule has 0 saturated carbocycles. The zero-order chi connectivity index (χ0) is 26.0. The van der Waals surface area contributed by atoms with E-state index in [2.05, 4.69) is 39.5 Å². The normalized spacial score (nSPS) is 12.5. The summed E-state index contributed by atoms with van der Waals surface area (Å²) in [6.45, 7) is 24.8. The largest absolute Gasteiger partial charge is 0.491 e. The first-order valence-corrected chi connectivity index (χ1v) is 10.5. The summed E-state index contributed by atoms with van der Waals surface area (Å²) in [6.07, 6.45) is 3.21. The van der Waals surface area contributed by atoms with Crippen LogP contribution in [-0.2, 0) is 11.2 Å². The molecule has 180 valence electrons. The number of rotatable bonds is 13. The van der Waals surface area contributed by atoms with Crippen LogP contribution in [0.5, 0.6) is 0 Å². The molecule has 1 aromatic rings. The van der Waals surface area contributed by atoms with Crippen LogP contribution in [0.25, 0.3) is 0 Å². The molecule has 0 unspecified atom stereocenters. The van der Waals surface area contributed by atoms with Gasteiger partial charge in [0.25, 0.3) is 0 Å². The Hall–Kier alpha value is -3.60. The van der Waals surface area contributed by atoms with E-state index >= 15 is 0 Å². The molecule has 0 saturated heterocycles. The molecule has 0 spiro atoms. The fourth-order valence-electron chi connectivity index (χ4n) is 2.62. The minimum Gasteiger partial charge on any atom is -0.491 e. The van der Waals surface area contributed by atoms with Gasteiger partial charge in [0, 0.05) is 11.1 Å². The van der Waals surface area contributed by atoms with E-state index in [9.17, 15) is 17.6 Å². The molecule has 0 aliphatic heterocycles. The molecule has 0 aliphatic carbocycles. The summed E-state index contributed by atoms with van der Waals surface area (Å²) in [5.41, 5.74) is 1.40. The molecule has 0 amide bonds. The molecule has 1 nitrogen and oxygen atoms in total. The van der Waals surface area contributed by atoms with Crippen molar-refractivity contribution in [2.24, 2.45) is 0 Å². The Morgan fingerprint density at radius 2 is 1.24 bits per heavy atom. The number of halogens is 4. The number of hydrogen-bond acceptors (Lipinski definition) is 1. The first-order valence-electron chi connectivity index (χ1n) is 10.5. The first kappa shape index (κ1) is 28.4. The maximum Gasteiger partial charge on any atom is 0.200 e. The lowest BCUT2D eigenvalue weighted by atomic mass is 10.00. The summed E-state index contributed by atoms with van der Waals surface area (Å²) in [6, 6.07) is 7.72. The predicted octanol–water partition coefficient (Wildman–Crippen LogP) is 9.12. The number of benzene rings is 1. The second-order valence-corrected chi connectivity index (χ2v) is 7.54. The van der Waals surface area contributed by atoms with Crippen molar-refractivity contribution in [1.29, 1.82) is 0 Å². The summed E-state index contributed by atoms with van der Waals surface area (Å²) in [4.78, 5) is 0. The topological polar surface area (TPSA) is 9.23 Å². The second kappa shape index (κ2) is 13.2. The van der Waals surface area contributed by atoms with Gasteiger partial charge in [-0.1, -0.05) is 81.5 Å². The van der Waals surface area contributed by atoms with Crippen LogP contribution in [0.3, 0.4) is 0 Å². The van der Waals surface area contributed by atoms with Gasteiger partial charge in [-0.3, -0.25) is 0 Å². The van der Waals surface area contributed by atoms with Crippen molar-refractivity contribution in [3.8, 4) is 0 Å². The molecule has 0 aliphatic rings. The van der Waals surface area contributed by atoms with E-state index in [0.717, 1.165) is 11.1 Å². The highest BCUT2D eigenvalue weighted by Crippen LogP contribution is 2.30. The maximum atomic E-state index is 14.6. The lowest BCUT2D eigenvalue weighted by Gasteiger charge is -2.09. The van der Waals surface area contributed by atoms with Gasteiger partial charge in [-0.25, -0.2) is 13.2 Å². The fourth-order valence-corrected chi connectivity index (χ4v) is 2.62. The average Bonchev–Trinajstić information content (AvgIpc) is 2.83. The molecule has 0 fully saturated rings. The Kier molecular flexibility index (Phi) is 11.0. The van der Waals surface area contributed by atoms with Gasteiger partial charge in [-0.2, -0.15) is 4.39 Å². The molecular formula is C29H30F4O. The third kappa shape index (κ3) is 8.07. The van der Waals surface area contributed by atoms with Gasteiger partial charge in [0.05, 0.1) is 6.61 Å². The van der Waals surface area contributed by atoms with Crippen molar-refractivity contribution in [1.82, 2.24) is 0 Å². The quantitative estimate of drug-likeness (QED) is 0.159. The molecule has 0 heterocycles. The highest BCUT2D eigenvalue weighted by Gasteiger charge is 2.17. The summed E-state index contributed by atoms with van der Waals surface area (Å²) in [7, 11) is 0. The Morgan fingerprint density at radius 1 is 0.765 bits per heavy atom. The lowest BCUT2D eigenvalue weighted by molar-refractivity contribution is 0.224. The molecular weight excluding hydrogens is 440 g/mol. The van der Waals surface area contributed by atoms with Crippen molar-refractivity contribution in [3.63, 3.8) is 0 Å². The van der Waals surface area contributed by atoms with E-state index in [4.69, 9.17) is 4.74 Å². The number of hydrogen-bond donors (Lipinski definition) is 0. The molecule has 0 atom stereocenters. The van der Waals surface area contributed by atoms with E-state index in [1.165, 1.54) is 12.2 Å². The van der Waals surface area contributed by atoms with Crippen molar-refractivity contribution >= 4 is 0 Å². The van der Waals surface area contributed by atoms with E-state index in [1.54, 1.807) is 6.92 Å². The second-order valence-electron chi connectivity index (χ2n) is 7.54. The fraction of sp³-hybridized carbons (Fsp3) is 0.172. The third-order valence-electron chi connectivity index (χ3n) is 4.89. The van der Waals surface area contributed by atoms with Gasteiger partial charge >= 0.3 is 0 Å². The van der Waals surface area contributed by atoms with Crippen molar-refractivity contribution in [2.75, 3.05) is 6.61 Å². The minimum absolute atomic E-state index is 0.00833. The molecule has 0 radical (unpaired) electrons. The van der Waals surface area contributed by atoms with Crippen LogP contribution in [0.1, 0.15) is 24.5 Å². The zero-order valence-electron chi connectivity index (χ0n) is 19.7. The molecule has 34 heavy (non-hydrogen) atoms. The van der Waals surface area contributed by atoms with E-state index in [0.29, 0.717) is 6.42 Å². The van der Waals surface area contributed by atoms with Gasteiger partial charge in [-0.15, -0.1) is 0 Å². The average molecular weight is 471 g/mol. The van der Waals surface area contributed by atoms with Crippen LogP contribution in [0.2, 0.25) is 0 Å². The van der Waals surface area contributed by atoms with Crippen molar-refractivity contribution < 1.29 is 22.3 Å². The Morgan fingerprint density at radius 3 is 1.71 bits per heavy atom. The summed E-state index contributed by atoms with van der Waals surface area (Å²) >= 11 is 0. The van der Waals surface area contributed by atoms with Crippen LogP contribution < -0.4 is 0 Å². The van der Waals surface area contributed by atoms with Crippen LogP contribution in [-0.4, -0.2) is 6.61 Å². The molecule has 0 N–H and O–H groups in total. The third-order valence-corrected chi connectivity index (χ3v) is 4.89. The maximum absolute atomic E-state index is 14.6. The standard InChI is InChI=1S/C29H30F4O/c1-9-34-24(8)29(33)28(32)23(7)20(4)13-12-19(3)22(6)27(31)26(30)21(5)14-17-25-15-10-18(2)11-16-25/h10-13,15-16H,3-9,14,17H2,1-2H3/b13-12-,27-26-,29-28-. The number of allylic oxidation sites excluding steroid dienone is 11. The summed E-state index contributed by atoms with van der Waals surface area (Å²) < 4.78 is 62.2. The van der Waals surface area contributed by atoms with Gasteiger partial charge in [-0.05, 0) is 49.0 Å². The Bertz CT molecular complexity index is 1100. The zero-order valence-corrected chi connectivity index (χ0v) is 19.7. The van der Waals surface area contributed by atoms with Crippen molar-refractivity contribution in [2.45, 2.75) is 26.7 Å². The Labute approximate surface area is 199 Å². The highest BCUT2D eigenvalue weighted by molar-refractivity contribution is 5.54. The first-order chi connectivity index (χ1) is 15.9. The highest BCUT2D eigenvalue weighted by atomic mass is 19.2. The smallest absolute Gasteiger partial charge is 0.200 e. The summed E-state index contributed by atoms with van der Waals surface area (Å²) in [5, 5.41) is 0. The van der Waals surface area contributed by atoms with Gasteiger partial charge in [0.15, 0.2) is 23.2 Å². The summed E-state index contributed by atoms with van der Waals surface area (Å²) in [5.74, 6) is -5.37. The molecule has 0 bridgehead atoms. The van der Waals surface area contributed by atoms with E-state index in [1.807, 2.05) is 31.2 Å². The van der Waals surface area contributed by atoms with E-state index in [-0.39, 0.29) is 40.9 Å². The van der Waals surface area contributed by atoms with Crippen LogP contribution >= 0.6 is 0 Å². The van der Waals surface area contributed by atoms with Gasteiger partial charge < -0.3 is 4.74 Å². The van der Waals surface area contributed by atoms with Crippen molar-refractivity contribution in [3.05, 3.63) is 144 Å². The van der Waals surface area contributed by atoms with Crippen LogP contribution in [0.15, 0.2) is 133 Å². The van der Waals surface area contributed by atoms with Gasteiger partial charge in [0.1, 0.15) is 0 Å². The molecule has 0 aromatic heterocycles. The van der Waals surface area contributed by atoms with Crippen LogP contribution in [0, 0.1) is 6.92 Å². The van der Waals surface area contributed by atoms with E-state index < -0.39 is 29.1 Å². The number of ether oxygens (including phenoxy) is 1. The minimum atomic E-state index is -1.30. The van der Waals surface area contributed by atoms with Crippen LogP contribution in [0.4, 0.5) is 17.6 Å². The van der Waals surface area contributed by atoms with Gasteiger partial charge in [0.2, 0.25) is 5.83 Å². The predicted molar refractivity (Wildman–Crippen MR) is 134 cm³/mol. The number of aryl methyl sites for hydroxylation is 2. The molecule has 1 rings (SSSR count). The molecule has 1 aromatic carbocycles. The Balaban J connectivity index is 2.84. The molecule has 5 heteroatoms. The lowest BCUT2D eigenvalue weighted by Crippen LogP contribution is -1.96. The SMILES string of the molecule is C=C(/C=C\C(=C)C(=C)/C(F)=C(/F)C(=C)OCC)C(=C)/C(F)=C(/F)C(=C)CCc1ccc(C)cc1. The monoisotopic (exact) mass is 470 g/mol.